The van der Waals surface area contributed by atoms with Gasteiger partial charge in [-0.25, -0.2) is 9.59 Å². The van der Waals surface area contributed by atoms with Gasteiger partial charge in [0.25, 0.3) is 0 Å². The summed E-state index contributed by atoms with van der Waals surface area (Å²) >= 11 is 0. The van der Waals surface area contributed by atoms with Gasteiger partial charge in [0.1, 0.15) is 0 Å². The van der Waals surface area contributed by atoms with E-state index in [0.717, 1.165) is 31.4 Å². The number of hydrogen-bond donors (Lipinski definition) is 0. The summed E-state index contributed by atoms with van der Waals surface area (Å²) in [6.07, 6.45) is 9.80. The van der Waals surface area contributed by atoms with E-state index in [1.807, 2.05) is 0 Å². The molecule has 0 heterocycles. The Morgan fingerprint density at radius 2 is 1.35 bits per heavy atom. The highest BCUT2D eigenvalue weighted by Gasteiger charge is 2.15. The second-order valence-electron chi connectivity index (χ2n) is 4.62. The van der Waals surface area contributed by atoms with Crippen molar-refractivity contribution in [2.45, 2.75) is 64.6 Å². The Labute approximate surface area is 121 Å². The molecule has 0 spiro atoms. The molecule has 4 nitrogen and oxygen atoms in total. The molecular weight excluding hydrogens is 256 g/mol. The van der Waals surface area contributed by atoms with Crippen LogP contribution in [-0.2, 0) is 19.1 Å². The monoisotopic (exact) mass is 282 g/mol. The van der Waals surface area contributed by atoms with Crippen LogP contribution < -0.4 is 0 Å². The molecule has 0 N–H and O–H groups in total. The molecule has 0 unspecified atom stereocenters. The van der Waals surface area contributed by atoms with Crippen LogP contribution in [0, 0.1) is 0 Å². The summed E-state index contributed by atoms with van der Waals surface area (Å²) in [5, 5.41) is 0. The topological polar surface area (TPSA) is 52.6 Å². The summed E-state index contributed by atoms with van der Waals surface area (Å²) in [6, 6.07) is 0. The molecule has 0 fully saturated rings. The van der Waals surface area contributed by atoms with E-state index in [1.54, 1.807) is 0 Å². The van der Waals surface area contributed by atoms with E-state index in [2.05, 4.69) is 20.1 Å². The van der Waals surface area contributed by atoms with E-state index in [9.17, 15) is 9.59 Å². The van der Waals surface area contributed by atoms with Gasteiger partial charge in [-0.3, -0.25) is 0 Å². The van der Waals surface area contributed by atoms with Crippen molar-refractivity contribution in [1.29, 1.82) is 0 Å². The zero-order valence-corrected chi connectivity index (χ0v) is 12.4. The first kappa shape index (κ1) is 18.4. The molecule has 4 heteroatoms. The Morgan fingerprint density at radius 1 is 0.900 bits per heavy atom. The molecule has 0 saturated carbocycles. The minimum absolute atomic E-state index is 0.507. The van der Waals surface area contributed by atoms with Gasteiger partial charge in [0, 0.05) is 18.6 Å². The third-order valence-electron chi connectivity index (χ3n) is 2.87. The van der Waals surface area contributed by atoms with Crippen molar-refractivity contribution in [2.75, 3.05) is 0 Å². The number of ether oxygens (including phenoxy) is 2. The quantitative estimate of drug-likeness (QED) is 0.236. The lowest BCUT2D eigenvalue weighted by Crippen LogP contribution is -2.23. The molecule has 114 valence electrons. The van der Waals surface area contributed by atoms with E-state index >= 15 is 0 Å². The van der Waals surface area contributed by atoms with Gasteiger partial charge >= 0.3 is 11.9 Å². The third-order valence-corrected chi connectivity index (χ3v) is 2.87. The highest BCUT2D eigenvalue weighted by molar-refractivity contribution is 5.82. The maximum absolute atomic E-state index is 11.1. The lowest BCUT2D eigenvalue weighted by molar-refractivity contribution is -0.182. The molecule has 0 aromatic carbocycles. The van der Waals surface area contributed by atoms with Crippen LogP contribution in [0.3, 0.4) is 0 Å². The predicted molar refractivity (Wildman–Crippen MR) is 79.0 cm³/mol. The van der Waals surface area contributed by atoms with Crippen LogP contribution in [0.15, 0.2) is 25.3 Å². The Bertz CT molecular complexity index is 288. The first-order valence-electron chi connectivity index (χ1n) is 7.30. The normalized spacial score (nSPS) is 10.1. The smallest absolute Gasteiger partial charge is 0.333 e. The molecular formula is C16H26O4. The molecule has 0 atom stereocenters. The third kappa shape index (κ3) is 10.4. The summed E-state index contributed by atoms with van der Waals surface area (Å²) in [4.78, 5) is 22.3. The standard InChI is InChI=1S/C16H26O4/c1-4-7-8-9-10-11-12-13-16(19-14(17)5-2)20-15(18)6-3/h5-6,16H,2-4,7-13H2,1H3. The van der Waals surface area contributed by atoms with Crippen LogP contribution >= 0.6 is 0 Å². The number of carbonyl (C=O) groups excluding carboxylic acids is 2. The Hall–Kier alpha value is -1.58. The first-order chi connectivity index (χ1) is 9.63. The predicted octanol–water partition coefficient (Wildman–Crippen LogP) is 3.91. The van der Waals surface area contributed by atoms with Crippen LogP contribution in [0.1, 0.15) is 58.3 Å². The lowest BCUT2D eigenvalue weighted by atomic mass is 10.1. The summed E-state index contributed by atoms with van der Waals surface area (Å²) in [5.74, 6) is -1.18. The Balaban J connectivity index is 3.90. The maximum atomic E-state index is 11.1. The molecule has 0 aliphatic carbocycles. The average Bonchev–Trinajstić information content (AvgIpc) is 2.45. The SMILES string of the molecule is C=CC(=O)OC(CCCCCCCCC)OC(=O)C=C. The van der Waals surface area contributed by atoms with Crippen molar-refractivity contribution in [3.8, 4) is 0 Å². The van der Waals surface area contributed by atoms with Gasteiger partial charge in [0.2, 0.25) is 6.29 Å². The first-order valence-corrected chi connectivity index (χ1v) is 7.30. The zero-order valence-electron chi connectivity index (χ0n) is 12.4. The van der Waals surface area contributed by atoms with Crippen molar-refractivity contribution in [3.63, 3.8) is 0 Å². The van der Waals surface area contributed by atoms with Gasteiger partial charge in [-0.2, -0.15) is 0 Å². The summed E-state index contributed by atoms with van der Waals surface area (Å²) in [6.45, 7) is 8.82. The van der Waals surface area contributed by atoms with E-state index in [4.69, 9.17) is 9.47 Å². The zero-order chi connectivity index (χ0) is 15.2. The van der Waals surface area contributed by atoms with E-state index in [-0.39, 0.29) is 0 Å². The van der Waals surface area contributed by atoms with Gasteiger partial charge < -0.3 is 9.47 Å². The van der Waals surface area contributed by atoms with Gasteiger partial charge in [-0.15, -0.1) is 0 Å². The fraction of sp³-hybridized carbons (Fsp3) is 0.625. The number of hydrogen-bond acceptors (Lipinski definition) is 4. The Morgan fingerprint density at radius 3 is 1.80 bits per heavy atom. The molecule has 20 heavy (non-hydrogen) atoms. The van der Waals surface area contributed by atoms with Gasteiger partial charge in [0.15, 0.2) is 0 Å². The Kier molecular flexibility index (Phi) is 11.5. The molecule has 0 amide bonds. The van der Waals surface area contributed by atoms with Crippen LogP contribution in [0.25, 0.3) is 0 Å². The van der Waals surface area contributed by atoms with Gasteiger partial charge in [0.05, 0.1) is 0 Å². The summed E-state index contributed by atoms with van der Waals surface area (Å²) in [5.41, 5.74) is 0. The molecule has 0 rings (SSSR count). The summed E-state index contributed by atoms with van der Waals surface area (Å²) in [7, 11) is 0. The van der Waals surface area contributed by atoms with Crippen LogP contribution in [0.5, 0.6) is 0 Å². The van der Waals surface area contributed by atoms with Crippen molar-refractivity contribution >= 4 is 11.9 Å². The average molecular weight is 282 g/mol. The molecule has 0 bridgehead atoms. The van der Waals surface area contributed by atoms with Gasteiger partial charge in [-0.1, -0.05) is 58.6 Å². The minimum atomic E-state index is -0.846. The molecule has 0 aromatic rings. The van der Waals surface area contributed by atoms with Crippen molar-refractivity contribution in [2.24, 2.45) is 0 Å². The molecule has 0 aliphatic heterocycles. The molecule has 0 aromatic heterocycles. The molecule has 0 radical (unpaired) electrons. The van der Waals surface area contributed by atoms with E-state index in [0.29, 0.717) is 6.42 Å². The fourth-order valence-electron chi connectivity index (χ4n) is 1.77. The molecule has 0 saturated heterocycles. The van der Waals surface area contributed by atoms with Gasteiger partial charge in [-0.05, 0) is 6.42 Å². The van der Waals surface area contributed by atoms with E-state index < -0.39 is 18.2 Å². The minimum Gasteiger partial charge on any atom is -0.422 e. The van der Waals surface area contributed by atoms with Crippen molar-refractivity contribution < 1.29 is 19.1 Å². The largest absolute Gasteiger partial charge is 0.422 e. The van der Waals surface area contributed by atoms with Crippen molar-refractivity contribution in [3.05, 3.63) is 25.3 Å². The second kappa shape index (κ2) is 12.5. The van der Waals surface area contributed by atoms with Crippen LogP contribution in [0.2, 0.25) is 0 Å². The number of esters is 2. The van der Waals surface area contributed by atoms with E-state index in [1.165, 1.54) is 25.7 Å². The molecule has 0 aliphatic rings. The number of carbonyl (C=O) groups is 2. The van der Waals surface area contributed by atoms with Crippen molar-refractivity contribution in [1.82, 2.24) is 0 Å². The van der Waals surface area contributed by atoms with Crippen LogP contribution in [-0.4, -0.2) is 18.2 Å². The highest BCUT2D eigenvalue weighted by Crippen LogP contribution is 2.12. The lowest BCUT2D eigenvalue weighted by Gasteiger charge is -2.16. The maximum Gasteiger partial charge on any atom is 0.333 e. The van der Waals surface area contributed by atoms with Crippen LogP contribution in [0.4, 0.5) is 0 Å². The number of unbranched alkanes of at least 4 members (excludes halogenated alkanes) is 6. The highest BCUT2D eigenvalue weighted by atomic mass is 16.7. The number of rotatable bonds is 12. The summed E-state index contributed by atoms with van der Waals surface area (Å²) < 4.78 is 9.94. The second-order valence-corrected chi connectivity index (χ2v) is 4.62. The fourth-order valence-corrected chi connectivity index (χ4v) is 1.77.